The topological polar surface area (TPSA) is 49.4 Å². The van der Waals surface area contributed by atoms with Crippen LogP contribution in [-0.2, 0) is 9.59 Å². The zero-order chi connectivity index (χ0) is 12.6. The smallest absolute Gasteiger partial charge is 0.252 e. The Morgan fingerprint density at radius 1 is 1.24 bits per heavy atom. The fourth-order valence-electron chi connectivity index (χ4n) is 2.06. The molecule has 17 heavy (non-hydrogen) atoms. The van der Waals surface area contributed by atoms with Crippen molar-refractivity contribution in [3.63, 3.8) is 0 Å². The van der Waals surface area contributed by atoms with E-state index in [2.05, 4.69) is 5.32 Å². The van der Waals surface area contributed by atoms with Gasteiger partial charge in [0.1, 0.15) is 12.1 Å². The highest BCUT2D eigenvalue weighted by Crippen LogP contribution is 2.24. The predicted octanol–water partition coefficient (Wildman–Crippen LogP) is 1.24. The summed E-state index contributed by atoms with van der Waals surface area (Å²) in [6.45, 7) is 5.46. The number of para-hydroxylation sites is 1. The van der Waals surface area contributed by atoms with E-state index in [0.29, 0.717) is 0 Å². The third-order valence-electron chi connectivity index (χ3n) is 2.94. The molecule has 1 N–H and O–H groups in total. The summed E-state index contributed by atoms with van der Waals surface area (Å²) in [7, 11) is 0. The lowest BCUT2D eigenvalue weighted by molar-refractivity contribution is -0.134. The molecule has 2 amide bonds. The minimum absolute atomic E-state index is 0.0774. The Labute approximate surface area is 101 Å². The Morgan fingerprint density at radius 2 is 1.88 bits per heavy atom. The van der Waals surface area contributed by atoms with Gasteiger partial charge in [0.2, 0.25) is 5.91 Å². The SMILES string of the molecule is Cc1ccccc1N1CC(=O)NC(C)(C)C1=O. The van der Waals surface area contributed by atoms with Crippen LogP contribution in [0.3, 0.4) is 0 Å². The summed E-state index contributed by atoms with van der Waals surface area (Å²) >= 11 is 0. The van der Waals surface area contributed by atoms with Crippen molar-refractivity contribution in [2.45, 2.75) is 26.3 Å². The summed E-state index contributed by atoms with van der Waals surface area (Å²) in [5.74, 6) is -0.204. The number of carbonyl (C=O) groups is 2. The maximum absolute atomic E-state index is 12.3. The zero-order valence-corrected chi connectivity index (χ0v) is 10.3. The van der Waals surface area contributed by atoms with Gasteiger partial charge in [0.25, 0.3) is 5.91 Å². The van der Waals surface area contributed by atoms with Crippen molar-refractivity contribution in [2.24, 2.45) is 0 Å². The van der Waals surface area contributed by atoms with Gasteiger partial charge >= 0.3 is 0 Å². The molecular weight excluding hydrogens is 216 g/mol. The van der Waals surface area contributed by atoms with Gasteiger partial charge in [-0.2, -0.15) is 0 Å². The summed E-state index contributed by atoms with van der Waals surface area (Å²) in [6.07, 6.45) is 0. The molecule has 1 aromatic carbocycles. The van der Waals surface area contributed by atoms with Gasteiger partial charge in [0.05, 0.1) is 0 Å². The van der Waals surface area contributed by atoms with Crippen molar-refractivity contribution in [1.29, 1.82) is 0 Å². The standard InChI is InChI=1S/C13H16N2O2/c1-9-6-4-5-7-10(9)15-8-11(16)14-13(2,3)12(15)17/h4-7H,8H2,1-3H3,(H,14,16). The number of piperazine rings is 1. The molecule has 0 spiro atoms. The normalized spacial score (nSPS) is 19.1. The van der Waals surface area contributed by atoms with Gasteiger partial charge in [-0.05, 0) is 32.4 Å². The molecule has 1 aliphatic heterocycles. The van der Waals surface area contributed by atoms with Crippen molar-refractivity contribution >= 4 is 17.5 Å². The third-order valence-corrected chi connectivity index (χ3v) is 2.94. The summed E-state index contributed by atoms with van der Waals surface area (Å²) in [5.41, 5.74) is 0.962. The first-order valence-electron chi connectivity index (χ1n) is 5.60. The van der Waals surface area contributed by atoms with E-state index < -0.39 is 5.54 Å². The highest BCUT2D eigenvalue weighted by atomic mass is 16.2. The van der Waals surface area contributed by atoms with Gasteiger partial charge in [-0.3, -0.25) is 9.59 Å². The van der Waals surface area contributed by atoms with Crippen molar-refractivity contribution in [3.8, 4) is 0 Å². The minimum atomic E-state index is -0.836. The maximum atomic E-state index is 12.3. The molecule has 4 nitrogen and oxygen atoms in total. The molecule has 4 heteroatoms. The van der Waals surface area contributed by atoms with Crippen LogP contribution in [0.2, 0.25) is 0 Å². The van der Waals surface area contributed by atoms with Gasteiger partial charge in [0, 0.05) is 5.69 Å². The summed E-state index contributed by atoms with van der Waals surface area (Å²) < 4.78 is 0. The molecule has 0 saturated carbocycles. The molecule has 1 saturated heterocycles. The molecule has 1 aromatic rings. The number of carbonyl (C=O) groups excluding carboxylic acids is 2. The van der Waals surface area contributed by atoms with Crippen LogP contribution in [0.5, 0.6) is 0 Å². The second-order valence-corrected chi connectivity index (χ2v) is 4.85. The van der Waals surface area contributed by atoms with E-state index in [4.69, 9.17) is 0 Å². The van der Waals surface area contributed by atoms with Gasteiger partial charge in [-0.1, -0.05) is 18.2 Å². The van der Waals surface area contributed by atoms with Crippen LogP contribution in [0.1, 0.15) is 19.4 Å². The van der Waals surface area contributed by atoms with Crippen molar-refractivity contribution in [2.75, 3.05) is 11.4 Å². The molecule has 1 heterocycles. The quantitative estimate of drug-likeness (QED) is 0.792. The average Bonchev–Trinajstić information content (AvgIpc) is 2.24. The molecule has 2 rings (SSSR count). The molecule has 1 aliphatic rings. The van der Waals surface area contributed by atoms with Gasteiger partial charge in [-0.25, -0.2) is 0 Å². The lowest BCUT2D eigenvalue weighted by atomic mass is 9.99. The van der Waals surface area contributed by atoms with Crippen molar-refractivity contribution < 1.29 is 9.59 Å². The van der Waals surface area contributed by atoms with Crippen molar-refractivity contribution in [1.82, 2.24) is 5.32 Å². The largest absolute Gasteiger partial charge is 0.341 e. The molecule has 90 valence electrons. The highest BCUT2D eigenvalue weighted by molar-refractivity contribution is 6.09. The molecule has 0 radical (unpaired) electrons. The number of nitrogens with one attached hydrogen (secondary N) is 1. The number of hydrogen-bond acceptors (Lipinski definition) is 2. The highest BCUT2D eigenvalue weighted by Gasteiger charge is 2.39. The monoisotopic (exact) mass is 232 g/mol. The molecule has 0 atom stereocenters. The summed E-state index contributed by atoms with van der Waals surface area (Å²) in [6, 6.07) is 7.58. The number of anilines is 1. The number of amides is 2. The van der Waals surface area contributed by atoms with Crippen LogP contribution in [-0.4, -0.2) is 23.9 Å². The van der Waals surface area contributed by atoms with Crippen LogP contribution >= 0.6 is 0 Å². The molecule has 0 aliphatic carbocycles. The molecule has 1 fully saturated rings. The number of benzene rings is 1. The Hall–Kier alpha value is -1.84. The number of rotatable bonds is 1. The fourth-order valence-corrected chi connectivity index (χ4v) is 2.06. The van der Waals surface area contributed by atoms with Crippen LogP contribution < -0.4 is 10.2 Å². The zero-order valence-electron chi connectivity index (χ0n) is 10.3. The van der Waals surface area contributed by atoms with Crippen LogP contribution in [0.25, 0.3) is 0 Å². The van der Waals surface area contributed by atoms with Crippen LogP contribution in [0, 0.1) is 6.92 Å². The van der Waals surface area contributed by atoms with E-state index in [1.807, 2.05) is 31.2 Å². The Kier molecular flexibility index (Phi) is 2.65. The average molecular weight is 232 g/mol. The number of hydrogen-bond donors (Lipinski definition) is 1. The maximum Gasteiger partial charge on any atom is 0.252 e. The summed E-state index contributed by atoms with van der Waals surface area (Å²) in [4.78, 5) is 25.4. The Balaban J connectivity index is 2.42. The first-order chi connectivity index (χ1) is 7.92. The summed E-state index contributed by atoms with van der Waals surface area (Å²) in [5, 5.41) is 2.69. The Bertz CT molecular complexity index is 480. The first kappa shape index (κ1) is 11.6. The van der Waals surface area contributed by atoms with E-state index in [0.717, 1.165) is 11.3 Å². The number of nitrogens with zero attached hydrogens (tertiary/aromatic N) is 1. The van der Waals surface area contributed by atoms with Gasteiger partial charge in [-0.15, -0.1) is 0 Å². The van der Waals surface area contributed by atoms with Crippen molar-refractivity contribution in [3.05, 3.63) is 29.8 Å². The van der Waals surface area contributed by atoms with Crippen LogP contribution in [0.4, 0.5) is 5.69 Å². The van der Waals surface area contributed by atoms with Gasteiger partial charge in [0.15, 0.2) is 0 Å². The van der Waals surface area contributed by atoms with E-state index in [1.54, 1.807) is 18.7 Å². The first-order valence-corrected chi connectivity index (χ1v) is 5.60. The van der Waals surface area contributed by atoms with Gasteiger partial charge < -0.3 is 10.2 Å². The van der Waals surface area contributed by atoms with E-state index in [-0.39, 0.29) is 18.4 Å². The second-order valence-electron chi connectivity index (χ2n) is 4.85. The second kappa shape index (κ2) is 3.87. The molecule has 0 bridgehead atoms. The van der Waals surface area contributed by atoms with E-state index in [1.165, 1.54) is 0 Å². The lowest BCUT2D eigenvalue weighted by Crippen LogP contribution is -2.64. The Morgan fingerprint density at radius 3 is 2.53 bits per heavy atom. The molecule has 0 unspecified atom stereocenters. The van der Waals surface area contributed by atoms with Crippen LogP contribution in [0.15, 0.2) is 24.3 Å². The minimum Gasteiger partial charge on any atom is -0.341 e. The fraction of sp³-hybridized carbons (Fsp3) is 0.385. The number of aryl methyl sites for hydroxylation is 1. The molecule has 0 aromatic heterocycles. The molecular formula is C13H16N2O2. The predicted molar refractivity (Wildman–Crippen MR) is 65.8 cm³/mol. The van der Waals surface area contributed by atoms with E-state index >= 15 is 0 Å². The lowest BCUT2D eigenvalue weighted by Gasteiger charge is -2.37. The van der Waals surface area contributed by atoms with E-state index in [9.17, 15) is 9.59 Å². The third kappa shape index (κ3) is 2.02.